The summed E-state index contributed by atoms with van der Waals surface area (Å²) < 4.78 is 50.7. The van der Waals surface area contributed by atoms with Gasteiger partial charge in [-0.3, -0.25) is 0 Å². The normalized spacial score (nSPS) is 12.6. The Morgan fingerprint density at radius 1 is 1.28 bits per heavy atom. The molecule has 2 rings (SSSR count). The fourth-order valence-electron chi connectivity index (χ4n) is 2.07. The molecule has 0 N–H and O–H groups in total. The van der Waals surface area contributed by atoms with Crippen LogP contribution in [-0.4, -0.2) is 30.2 Å². The van der Waals surface area contributed by atoms with E-state index in [1.807, 2.05) is 6.92 Å². The number of aromatic nitrogens is 2. The van der Waals surface area contributed by atoms with E-state index in [1.165, 1.54) is 19.1 Å². The minimum Gasteiger partial charge on any atom is -0.497 e. The summed E-state index contributed by atoms with van der Waals surface area (Å²) >= 11 is 0. The third-order valence-corrected chi connectivity index (χ3v) is 3.69. The summed E-state index contributed by atoms with van der Waals surface area (Å²) in [6.07, 6.45) is -3.36. The fraction of sp³-hybridized carbons (Fsp3) is 0.412. The average molecular weight is 355 g/mol. The molecule has 8 heteroatoms. The van der Waals surface area contributed by atoms with Crippen LogP contribution in [0.2, 0.25) is 0 Å². The largest absolute Gasteiger partial charge is 0.497 e. The third kappa shape index (κ3) is 4.52. The maximum Gasteiger partial charge on any atom is 0.421 e. The lowest BCUT2D eigenvalue weighted by Crippen LogP contribution is -2.20. The van der Waals surface area contributed by atoms with E-state index in [4.69, 9.17) is 9.47 Å². The van der Waals surface area contributed by atoms with Crippen LogP contribution in [0.25, 0.3) is 0 Å². The lowest BCUT2D eigenvalue weighted by Gasteiger charge is -2.23. The number of benzene rings is 1. The Kier molecular flexibility index (Phi) is 5.71. The van der Waals surface area contributed by atoms with E-state index in [1.54, 1.807) is 31.2 Å². The summed E-state index contributed by atoms with van der Waals surface area (Å²) in [4.78, 5) is 9.02. The van der Waals surface area contributed by atoms with Crippen molar-refractivity contribution in [3.63, 3.8) is 0 Å². The first kappa shape index (κ1) is 18.8. The summed E-state index contributed by atoms with van der Waals surface area (Å²) in [6, 6.07) is 6.60. The Balaban J connectivity index is 2.48. The van der Waals surface area contributed by atoms with E-state index in [2.05, 4.69) is 9.97 Å². The molecule has 0 fully saturated rings. The van der Waals surface area contributed by atoms with E-state index in [9.17, 15) is 13.2 Å². The van der Waals surface area contributed by atoms with Crippen LogP contribution < -0.4 is 14.4 Å². The van der Waals surface area contributed by atoms with E-state index in [0.717, 1.165) is 6.20 Å². The minimum atomic E-state index is -4.59. The van der Waals surface area contributed by atoms with Crippen molar-refractivity contribution in [1.82, 2.24) is 9.97 Å². The molecule has 0 aliphatic carbocycles. The molecule has 1 aromatic carbocycles. The third-order valence-electron chi connectivity index (χ3n) is 3.69. The fourth-order valence-corrected chi connectivity index (χ4v) is 2.07. The number of halogens is 3. The van der Waals surface area contributed by atoms with Crippen LogP contribution in [0.1, 0.15) is 25.8 Å². The number of alkyl halides is 3. The highest BCUT2D eigenvalue weighted by molar-refractivity contribution is 5.64. The monoisotopic (exact) mass is 355 g/mol. The number of hydrogen-bond donors (Lipinski definition) is 0. The van der Waals surface area contributed by atoms with E-state index < -0.39 is 11.7 Å². The highest BCUT2D eigenvalue weighted by Gasteiger charge is 2.37. The van der Waals surface area contributed by atoms with Crippen LogP contribution in [0.3, 0.4) is 0 Å². The molecule has 0 radical (unpaired) electrons. The summed E-state index contributed by atoms with van der Waals surface area (Å²) in [7, 11) is 2.99. The molecule has 0 spiro atoms. The van der Waals surface area contributed by atoms with Crippen molar-refractivity contribution in [2.75, 3.05) is 19.1 Å². The van der Waals surface area contributed by atoms with Crippen LogP contribution in [0.5, 0.6) is 11.8 Å². The zero-order chi connectivity index (χ0) is 18.6. The Hall–Kier alpha value is -2.51. The SMILES string of the molecule is CCC(C)Oc1ncc(C(F)(F)F)c(N(C)c2cccc(OC)c2)n1. The zero-order valence-corrected chi connectivity index (χ0v) is 14.5. The van der Waals surface area contributed by atoms with E-state index >= 15 is 0 Å². The molecule has 0 amide bonds. The Morgan fingerprint density at radius 2 is 2.00 bits per heavy atom. The standard InChI is InChI=1S/C17H20F3N3O2/c1-5-11(2)25-16-21-10-14(17(18,19)20)15(22-16)23(3)12-7-6-8-13(9-12)24-4/h6-11H,5H2,1-4H3. The molecule has 0 saturated heterocycles. The van der Waals surface area contributed by atoms with Crippen LogP contribution in [-0.2, 0) is 6.18 Å². The van der Waals surface area contributed by atoms with E-state index in [-0.39, 0.29) is 17.9 Å². The Labute approximate surface area is 144 Å². The van der Waals surface area contributed by atoms with Gasteiger partial charge in [-0.2, -0.15) is 18.2 Å². The van der Waals surface area contributed by atoms with Gasteiger partial charge in [0.15, 0.2) is 5.82 Å². The van der Waals surface area contributed by atoms with Crippen molar-refractivity contribution in [2.45, 2.75) is 32.5 Å². The van der Waals surface area contributed by atoms with Crippen molar-refractivity contribution < 1.29 is 22.6 Å². The number of ether oxygens (including phenoxy) is 2. The Morgan fingerprint density at radius 3 is 2.60 bits per heavy atom. The molecule has 2 aromatic rings. The zero-order valence-electron chi connectivity index (χ0n) is 14.5. The lowest BCUT2D eigenvalue weighted by atomic mass is 10.2. The molecule has 0 bridgehead atoms. The molecule has 1 atom stereocenters. The highest BCUT2D eigenvalue weighted by atomic mass is 19.4. The number of rotatable bonds is 6. The number of nitrogens with zero attached hydrogens (tertiary/aromatic N) is 3. The average Bonchev–Trinajstić information content (AvgIpc) is 2.60. The second-order valence-electron chi connectivity index (χ2n) is 5.48. The molecule has 1 unspecified atom stereocenters. The number of methoxy groups -OCH3 is 1. The van der Waals surface area contributed by atoms with Gasteiger partial charge in [-0.05, 0) is 25.5 Å². The maximum atomic E-state index is 13.4. The molecule has 1 aromatic heterocycles. The van der Waals surface area contributed by atoms with Crippen molar-refractivity contribution in [1.29, 1.82) is 0 Å². The maximum absolute atomic E-state index is 13.4. The van der Waals surface area contributed by atoms with E-state index in [0.29, 0.717) is 17.9 Å². The summed E-state index contributed by atoms with van der Waals surface area (Å²) in [5, 5.41) is 0. The first-order valence-corrected chi connectivity index (χ1v) is 7.75. The summed E-state index contributed by atoms with van der Waals surface area (Å²) in [6.45, 7) is 3.70. The second kappa shape index (κ2) is 7.58. The molecular weight excluding hydrogens is 335 g/mol. The highest BCUT2D eigenvalue weighted by Crippen LogP contribution is 2.38. The van der Waals surface area contributed by atoms with Gasteiger partial charge in [0, 0.05) is 25.0 Å². The van der Waals surface area contributed by atoms with Gasteiger partial charge in [-0.15, -0.1) is 0 Å². The van der Waals surface area contributed by atoms with Crippen molar-refractivity contribution in [3.05, 3.63) is 36.0 Å². The first-order valence-electron chi connectivity index (χ1n) is 7.75. The molecule has 0 aliphatic rings. The smallest absolute Gasteiger partial charge is 0.421 e. The van der Waals surface area contributed by atoms with Gasteiger partial charge in [-0.1, -0.05) is 13.0 Å². The predicted octanol–water partition coefficient (Wildman–Crippen LogP) is 4.45. The van der Waals surface area contributed by atoms with Gasteiger partial charge in [-0.25, -0.2) is 4.98 Å². The number of anilines is 2. The number of hydrogen-bond acceptors (Lipinski definition) is 5. The molecule has 0 aliphatic heterocycles. The van der Waals surface area contributed by atoms with Crippen LogP contribution in [0, 0.1) is 0 Å². The quantitative estimate of drug-likeness (QED) is 0.766. The molecule has 25 heavy (non-hydrogen) atoms. The second-order valence-corrected chi connectivity index (χ2v) is 5.48. The minimum absolute atomic E-state index is 0.0907. The van der Waals surface area contributed by atoms with Gasteiger partial charge in [0.05, 0.1) is 13.2 Å². The predicted molar refractivity (Wildman–Crippen MR) is 88.5 cm³/mol. The summed E-state index contributed by atoms with van der Waals surface area (Å²) in [5.74, 6) is 0.247. The van der Waals surface area contributed by atoms with Crippen LogP contribution in [0.15, 0.2) is 30.5 Å². The van der Waals surface area contributed by atoms with Gasteiger partial charge >= 0.3 is 12.2 Å². The van der Waals surface area contributed by atoms with Gasteiger partial charge in [0.25, 0.3) is 0 Å². The molecule has 1 heterocycles. The van der Waals surface area contributed by atoms with Gasteiger partial charge in [0.1, 0.15) is 11.3 Å². The molecule has 5 nitrogen and oxygen atoms in total. The summed E-state index contributed by atoms with van der Waals surface area (Å²) in [5.41, 5.74) is -0.438. The van der Waals surface area contributed by atoms with Crippen molar-refractivity contribution in [2.24, 2.45) is 0 Å². The molecule has 0 saturated carbocycles. The molecule has 136 valence electrons. The topological polar surface area (TPSA) is 47.5 Å². The van der Waals surface area contributed by atoms with Gasteiger partial charge < -0.3 is 14.4 Å². The van der Waals surface area contributed by atoms with Crippen LogP contribution in [0.4, 0.5) is 24.7 Å². The lowest BCUT2D eigenvalue weighted by molar-refractivity contribution is -0.137. The first-order chi connectivity index (χ1) is 11.8. The van der Waals surface area contributed by atoms with Crippen molar-refractivity contribution in [3.8, 4) is 11.8 Å². The van der Waals surface area contributed by atoms with Crippen molar-refractivity contribution >= 4 is 11.5 Å². The molecular formula is C17H20F3N3O2. The van der Waals surface area contributed by atoms with Crippen LogP contribution >= 0.6 is 0 Å². The Bertz CT molecular complexity index is 723. The van der Waals surface area contributed by atoms with Gasteiger partial charge in [0.2, 0.25) is 0 Å².